The van der Waals surface area contributed by atoms with Gasteiger partial charge in [-0.05, 0) is 20.8 Å². The third kappa shape index (κ3) is 8.72. The number of nitrogens with one attached hydrogen (secondary N) is 3. The zero-order valence-electron chi connectivity index (χ0n) is 11.5. The number of carboxylic acids is 2. The van der Waals surface area contributed by atoms with Crippen molar-refractivity contribution in [3.63, 3.8) is 0 Å². The lowest BCUT2D eigenvalue weighted by Crippen LogP contribution is -2.51. The van der Waals surface area contributed by atoms with E-state index in [1.54, 1.807) is 20.8 Å². The molecule has 9 nitrogen and oxygen atoms in total. The zero-order valence-corrected chi connectivity index (χ0v) is 11.5. The number of hydrogen-bond donors (Lipinski definition) is 5. The van der Waals surface area contributed by atoms with Gasteiger partial charge in [0.2, 0.25) is 5.91 Å². The number of carbonyl (C=O) groups is 4. The number of hydrogen-bond acceptors (Lipinski definition) is 4. The van der Waals surface area contributed by atoms with Crippen molar-refractivity contribution in [3.05, 3.63) is 0 Å². The predicted octanol–water partition coefficient (Wildman–Crippen LogP) is -0.872. The summed E-state index contributed by atoms with van der Waals surface area (Å²) >= 11 is 0. The summed E-state index contributed by atoms with van der Waals surface area (Å²) in [6, 6.07) is -2.49. The molecular formula is C11H19N3O6. The van der Waals surface area contributed by atoms with Crippen LogP contribution in [0.15, 0.2) is 0 Å². The van der Waals surface area contributed by atoms with Crippen molar-refractivity contribution in [2.75, 3.05) is 6.54 Å². The Bertz CT molecular complexity index is 401. The highest BCUT2D eigenvalue weighted by Gasteiger charge is 2.23. The standard InChI is InChI=1S/C11H19N3O6/c1-11(2,3)14-7(15)5-12-10(20)13-6(9(18)19)4-8(16)17/h6H,4-5H2,1-3H3,(H,14,15)(H,16,17)(H,18,19)(H2,12,13,20). The molecule has 0 aliphatic rings. The maximum atomic E-state index is 11.4. The Kier molecular flexibility index (Phi) is 6.47. The monoisotopic (exact) mass is 289 g/mol. The molecule has 0 saturated heterocycles. The number of urea groups is 1. The van der Waals surface area contributed by atoms with Gasteiger partial charge in [-0.15, -0.1) is 0 Å². The molecule has 0 aliphatic carbocycles. The van der Waals surface area contributed by atoms with Gasteiger partial charge in [0.05, 0.1) is 13.0 Å². The minimum atomic E-state index is -1.56. The van der Waals surface area contributed by atoms with Crippen LogP contribution >= 0.6 is 0 Å². The summed E-state index contributed by atoms with van der Waals surface area (Å²) in [6.45, 7) is 4.94. The van der Waals surface area contributed by atoms with E-state index >= 15 is 0 Å². The van der Waals surface area contributed by atoms with Gasteiger partial charge in [-0.2, -0.15) is 0 Å². The molecule has 0 aliphatic heterocycles. The molecule has 0 spiro atoms. The van der Waals surface area contributed by atoms with Crippen LogP contribution in [-0.4, -0.2) is 52.2 Å². The van der Waals surface area contributed by atoms with Gasteiger partial charge < -0.3 is 26.2 Å². The van der Waals surface area contributed by atoms with Crippen LogP contribution in [0.5, 0.6) is 0 Å². The van der Waals surface area contributed by atoms with Crippen molar-refractivity contribution in [1.82, 2.24) is 16.0 Å². The number of carboxylic acid groups (broad SMARTS) is 2. The molecule has 3 amide bonds. The topological polar surface area (TPSA) is 145 Å². The molecular weight excluding hydrogens is 270 g/mol. The molecule has 0 aromatic rings. The fourth-order valence-electron chi connectivity index (χ4n) is 1.21. The van der Waals surface area contributed by atoms with Crippen molar-refractivity contribution in [2.24, 2.45) is 0 Å². The van der Waals surface area contributed by atoms with E-state index in [2.05, 4.69) is 10.6 Å². The number of carbonyl (C=O) groups excluding carboxylic acids is 2. The van der Waals surface area contributed by atoms with E-state index in [1.165, 1.54) is 0 Å². The van der Waals surface area contributed by atoms with E-state index in [1.807, 2.05) is 5.32 Å². The summed E-state index contributed by atoms with van der Waals surface area (Å²) in [5.74, 6) is -3.28. The molecule has 0 saturated carbocycles. The summed E-state index contributed by atoms with van der Waals surface area (Å²) in [7, 11) is 0. The van der Waals surface area contributed by atoms with Gasteiger partial charge in [0, 0.05) is 5.54 Å². The van der Waals surface area contributed by atoms with Gasteiger partial charge in [-0.25, -0.2) is 9.59 Å². The largest absolute Gasteiger partial charge is 0.481 e. The first-order valence-corrected chi connectivity index (χ1v) is 5.81. The van der Waals surface area contributed by atoms with Gasteiger partial charge >= 0.3 is 18.0 Å². The van der Waals surface area contributed by atoms with Crippen LogP contribution in [0.3, 0.4) is 0 Å². The predicted molar refractivity (Wildman–Crippen MR) is 68.1 cm³/mol. The lowest BCUT2D eigenvalue weighted by Gasteiger charge is -2.20. The Hall–Kier alpha value is -2.32. The molecule has 0 fully saturated rings. The Balaban J connectivity index is 4.24. The zero-order chi connectivity index (χ0) is 15.9. The van der Waals surface area contributed by atoms with Crippen LogP contribution in [0.25, 0.3) is 0 Å². The fourth-order valence-corrected chi connectivity index (χ4v) is 1.21. The second kappa shape index (κ2) is 7.31. The normalized spacial score (nSPS) is 12.2. The third-order valence-electron chi connectivity index (χ3n) is 1.91. The van der Waals surface area contributed by atoms with E-state index < -0.39 is 41.9 Å². The number of rotatable bonds is 6. The molecule has 0 bridgehead atoms. The third-order valence-corrected chi connectivity index (χ3v) is 1.91. The second-order valence-electron chi connectivity index (χ2n) is 5.11. The summed E-state index contributed by atoms with van der Waals surface area (Å²) in [4.78, 5) is 43.9. The Labute approximate surface area is 115 Å². The van der Waals surface area contributed by atoms with Crippen LogP contribution in [0, 0.1) is 0 Å². The van der Waals surface area contributed by atoms with Gasteiger partial charge in [-0.3, -0.25) is 9.59 Å². The lowest BCUT2D eigenvalue weighted by atomic mass is 10.1. The first-order valence-electron chi connectivity index (χ1n) is 5.81. The first kappa shape index (κ1) is 17.7. The summed E-state index contributed by atoms with van der Waals surface area (Å²) in [5, 5.41) is 23.9. The average Bonchev–Trinajstić information content (AvgIpc) is 2.22. The Morgan fingerprint density at radius 2 is 1.65 bits per heavy atom. The molecule has 1 atom stereocenters. The van der Waals surface area contributed by atoms with Crippen LogP contribution in [0.2, 0.25) is 0 Å². The molecule has 0 heterocycles. The van der Waals surface area contributed by atoms with Crippen molar-refractivity contribution in [1.29, 1.82) is 0 Å². The molecule has 1 unspecified atom stereocenters. The van der Waals surface area contributed by atoms with Crippen LogP contribution in [0.1, 0.15) is 27.2 Å². The van der Waals surface area contributed by atoms with Gasteiger partial charge in [0.25, 0.3) is 0 Å². The smallest absolute Gasteiger partial charge is 0.326 e. The molecule has 114 valence electrons. The molecule has 5 N–H and O–H groups in total. The molecule has 0 radical (unpaired) electrons. The summed E-state index contributed by atoms with van der Waals surface area (Å²) < 4.78 is 0. The molecule has 0 rings (SSSR count). The molecule has 0 aromatic carbocycles. The molecule has 9 heteroatoms. The lowest BCUT2D eigenvalue weighted by molar-refractivity contribution is -0.145. The van der Waals surface area contributed by atoms with Crippen molar-refractivity contribution >= 4 is 23.9 Å². The van der Waals surface area contributed by atoms with Crippen molar-refractivity contribution in [3.8, 4) is 0 Å². The Morgan fingerprint density at radius 3 is 2.05 bits per heavy atom. The van der Waals surface area contributed by atoms with E-state index in [4.69, 9.17) is 10.2 Å². The van der Waals surface area contributed by atoms with Crippen molar-refractivity contribution < 1.29 is 29.4 Å². The van der Waals surface area contributed by atoms with Gasteiger partial charge in [0.1, 0.15) is 6.04 Å². The Morgan fingerprint density at radius 1 is 1.10 bits per heavy atom. The second-order valence-corrected chi connectivity index (χ2v) is 5.11. The summed E-state index contributed by atoms with van der Waals surface area (Å²) in [5.41, 5.74) is -0.456. The van der Waals surface area contributed by atoms with Crippen LogP contribution in [0.4, 0.5) is 4.79 Å². The van der Waals surface area contributed by atoms with E-state index in [0.29, 0.717) is 0 Å². The van der Waals surface area contributed by atoms with Crippen LogP contribution in [-0.2, 0) is 14.4 Å². The van der Waals surface area contributed by atoms with E-state index in [9.17, 15) is 19.2 Å². The van der Waals surface area contributed by atoms with Crippen LogP contribution < -0.4 is 16.0 Å². The van der Waals surface area contributed by atoms with Gasteiger partial charge in [0.15, 0.2) is 0 Å². The maximum absolute atomic E-state index is 11.4. The summed E-state index contributed by atoms with van der Waals surface area (Å²) in [6.07, 6.45) is -0.753. The highest BCUT2D eigenvalue weighted by atomic mass is 16.4. The van der Waals surface area contributed by atoms with Gasteiger partial charge in [-0.1, -0.05) is 0 Å². The molecule has 0 aromatic heterocycles. The quantitative estimate of drug-likeness (QED) is 0.429. The molecule has 20 heavy (non-hydrogen) atoms. The SMILES string of the molecule is CC(C)(C)NC(=O)CNC(=O)NC(CC(=O)O)C(=O)O. The highest BCUT2D eigenvalue weighted by molar-refractivity contribution is 5.88. The van der Waals surface area contributed by atoms with E-state index in [-0.39, 0.29) is 6.54 Å². The van der Waals surface area contributed by atoms with E-state index in [0.717, 1.165) is 0 Å². The van der Waals surface area contributed by atoms with Crippen molar-refractivity contribution in [2.45, 2.75) is 38.8 Å². The highest BCUT2D eigenvalue weighted by Crippen LogP contribution is 1.97. The fraction of sp³-hybridized carbons (Fsp3) is 0.636. The number of aliphatic carboxylic acids is 2. The number of amides is 3. The minimum Gasteiger partial charge on any atom is -0.481 e. The average molecular weight is 289 g/mol. The first-order chi connectivity index (χ1) is 9.01. The minimum absolute atomic E-state index is 0.345. The maximum Gasteiger partial charge on any atom is 0.326 e.